The number of carbonyl (C=O) groups excluding carboxylic acids is 2. The number of aromatic carboxylic acids is 1. The molecule has 29 heavy (non-hydrogen) atoms. The number of hydrogen-bond acceptors (Lipinski definition) is 3. The Kier molecular flexibility index (Phi) is 7.00. The maximum atomic E-state index is 12.4. The molecule has 2 N–H and O–H groups in total. The number of benzene rings is 2. The van der Waals surface area contributed by atoms with E-state index >= 15 is 0 Å². The highest BCUT2D eigenvalue weighted by molar-refractivity contribution is 5.91. The van der Waals surface area contributed by atoms with Crippen LogP contribution in [0.25, 0.3) is 0 Å². The average Bonchev–Trinajstić information content (AvgIpc) is 2.73. The minimum atomic E-state index is -1.03. The van der Waals surface area contributed by atoms with E-state index in [1.807, 2.05) is 35.2 Å². The monoisotopic (exact) mass is 394 g/mol. The van der Waals surface area contributed by atoms with Gasteiger partial charge in [-0.15, -0.1) is 0 Å². The number of amides is 2. The van der Waals surface area contributed by atoms with Gasteiger partial charge in [-0.25, -0.2) is 4.79 Å². The fourth-order valence-corrected chi connectivity index (χ4v) is 3.66. The third-order valence-corrected chi connectivity index (χ3v) is 5.28. The molecule has 0 radical (unpaired) electrons. The summed E-state index contributed by atoms with van der Waals surface area (Å²) in [6.07, 6.45) is 2.69. The lowest BCUT2D eigenvalue weighted by Crippen LogP contribution is -2.47. The number of carboxylic acids is 1. The van der Waals surface area contributed by atoms with Gasteiger partial charge in [0.05, 0.1) is 12.0 Å². The molecule has 0 aromatic heterocycles. The lowest BCUT2D eigenvalue weighted by atomic mass is 10.0. The van der Waals surface area contributed by atoms with Crippen molar-refractivity contribution in [2.24, 2.45) is 0 Å². The van der Waals surface area contributed by atoms with E-state index in [2.05, 4.69) is 5.32 Å². The van der Waals surface area contributed by atoms with Crippen LogP contribution in [-0.4, -0.2) is 46.9 Å². The zero-order valence-corrected chi connectivity index (χ0v) is 16.3. The van der Waals surface area contributed by atoms with Gasteiger partial charge in [0.2, 0.25) is 11.8 Å². The van der Waals surface area contributed by atoms with Crippen molar-refractivity contribution < 1.29 is 19.5 Å². The summed E-state index contributed by atoms with van der Waals surface area (Å²) in [5.41, 5.74) is 1.82. The van der Waals surface area contributed by atoms with Gasteiger partial charge < -0.3 is 15.3 Å². The van der Waals surface area contributed by atoms with Crippen LogP contribution in [0.2, 0.25) is 0 Å². The Morgan fingerprint density at radius 1 is 0.966 bits per heavy atom. The number of carboxylic acid groups (broad SMARTS) is 1. The van der Waals surface area contributed by atoms with Gasteiger partial charge in [0.25, 0.3) is 0 Å². The van der Waals surface area contributed by atoms with Gasteiger partial charge in [0.15, 0.2) is 0 Å². The van der Waals surface area contributed by atoms with Crippen LogP contribution < -0.4 is 5.32 Å². The van der Waals surface area contributed by atoms with Gasteiger partial charge in [-0.1, -0.05) is 48.5 Å². The van der Waals surface area contributed by atoms with Crippen molar-refractivity contribution in [3.05, 3.63) is 71.3 Å². The first-order valence-corrected chi connectivity index (χ1v) is 9.95. The molecule has 1 heterocycles. The number of carbonyl (C=O) groups is 3. The molecule has 6 nitrogen and oxygen atoms in total. The Labute approximate surface area is 170 Å². The van der Waals surface area contributed by atoms with E-state index in [0.29, 0.717) is 37.9 Å². The minimum Gasteiger partial charge on any atom is -0.478 e. The van der Waals surface area contributed by atoms with E-state index in [4.69, 9.17) is 0 Å². The van der Waals surface area contributed by atoms with Gasteiger partial charge >= 0.3 is 5.97 Å². The molecule has 0 spiro atoms. The second-order valence-corrected chi connectivity index (χ2v) is 7.35. The topological polar surface area (TPSA) is 86.7 Å². The summed E-state index contributed by atoms with van der Waals surface area (Å²) in [6.45, 7) is 1.26. The Balaban J connectivity index is 1.43. The summed E-state index contributed by atoms with van der Waals surface area (Å²) in [5.74, 6) is -1.07. The number of nitrogens with one attached hydrogen (secondary N) is 1. The molecule has 2 aromatic carbocycles. The maximum Gasteiger partial charge on any atom is 0.335 e. The molecule has 1 aliphatic heterocycles. The van der Waals surface area contributed by atoms with Crippen molar-refractivity contribution in [2.45, 2.75) is 38.1 Å². The Morgan fingerprint density at radius 3 is 2.31 bits per heavy atom. The van der Waals surface area contributed by atoms with E-state index in [-0.39, 0.29) is 29.8 Å². The maximum absolute atomic E-state index is 12.4. The van der Waals surface area contributed by atoms with Gasteiger partial charge in [0.1, 0.15) is 0 Å². The van der Waals surface area contributed by atoms with E-state index in [1.54, 1.807) is 18.2 Å². The second kappa shape index (κ2) is 9.87. The molecule has 0 aliphatic carbocycles. The average molecular weight is 394 g/mol. The Bertz CT molecular complexity index is 858. The third-order valence-electron chi connectivity index (χ3n) is 5.28. The first-order chi connectivity index (χ1) is 14.0. The van der Waals surface area contributed by atoms with Gasteiger partial charge in [-0.2, -0.15) is 0 Å². The largest absolute Gasteiger partial charge is 0.478 e. The zero-order chi connectivity index (χ0) is 20.6. The predicted octanol–water partition coefficient (Wildman–Crippen LogP) is 2.67. The van der Waals surface area contributed by atoms with Gasteiger partial charge in [-0.3, -0.25) is 9.59 Å². The highest BCUT2D eigenvalue weighted by atomic mass is 16.4. The van der Waals surface area contributed by atoms with Crippen molar-refractivity contribution in [1.82, 2.24) is 10.2 Å². The quantitative estimate of drug-likeness (QED) is 0.756. The summed E-state index contributed by atoms with van der Waals surface area (Å²) in [5, 5.41) is 12.2. The lowest BCUT2D eigenvalue weighted by Gasteiger charge is -2.32. The zero-order valence-electron chi connectivity index (χ0n) is 16.3. The molecule has 2 amide bonds. The van der Waals surface area contributed by atoms with Crippen LogP contribution in [0.3, 0.4) is 0 Å². The van der Waals surface area contributed by atoms with Gasteiger partial charge in [-0.05, 0) is 36.5 Å². The highest BCUT2D eigenvalue weighted by Gasteiger charge is 2.24. The van der Waals surface area contributed by atoms with Crippen molar-refractivity contribution in [3.63, 3.8) is 0 Å². The van der Waals surface area contributed by atoms with Crippen molar-refractivity contribution in [3.8, 4) is 0 Å². The number of rotatable bonds is 7. The van der Waals surface area contributed by atoms with Crippen LogP contribution in [-0.2, 0) is 22.4 Å². The lowest BCUT2D eigenvalue weighted by molar-refractivity contribution is -0.132. The number of likely N-dealkylation sites (tertiary alicyclic amines) is 1. The molecular weight excluding hydrogens is 368 g/mol. The van der Waals surface area contributed by atoms with Crippen molar-refractivity contribution in [1.29, 1.82) is 0 Å². The smallest absolute Gasteiger partial charge is 0.335 e. The summed E-state index contributed by atoms with van der Waals surface area (Å²) in [7, 11) is 0. The van der Waals surface area contributed by atoms with E-state index in [1.165, 1.54) is 6.07 Å². The number of hydrogen-bond donors (Lipinski definition) is 2. The Hall–Kier alpha value is -3.15. The predicted molar refractivity (Wildman–Crippen MR) is 110 cm³/mol. The molecule has 1 aliphatic rings. The molecule has 3 rings (SSSR count). The fraction of sp³-hybridized carbons (Fsp3) is 0.348. The molecule has 6 heteroatoms. The van der Waals surface area contributed by atoms with Crippen LogP contribution in [0, 0.1) is 0 Å². The highest BCUT2D eigenvalue weighted by Crippen LogP contribution is 2.14. The molecule has 0 atom stereocenters. The molecule has 2 aromatic rings. The molecule has 1 saturated heterocycles. The molecule has 1 fully saturated rings. The molecule has 0 bridgehead atoms. The standard InChI is InChI=1S/C23H26N2O4/c26-21(16-18-8-4-5-9-20(18)23(28)29)24-19-12-14-25(15-13-19)22(27)11-10-17-6-2-1-3-7-17/h1-9,19H,10-16H2,(H,24,26)(H,28,29). The first-order valence-electron chi connectivity index (χ1n) is 9.95. The number of nitrogens with zero attached hydrogens (tertiary/aromatic N) is 1. The number of piperidine rings is 1. The van der Waals surface area contributed by atoms with E-state index in [9.17, 15) is 19.5 Å². The first kappa shape index (κ1) is 20.6. The molecule has 152 valence electrons. The SMILES string of the molecule is O=C(Cc1ccccc1C(=O)O)NC1CCN(C(=O)CCc2ccccc2)CC1. The van der Waals surface area contributed by atoms with E-state index in [0.717, 1.165) is 12.0 Å². The molecule has 0 unspecified atom stereocenters. The van der Waals surface area contributed by atoms with Crippen LogP contribution in [0.4, 0.5) is 0 Å². The summed E-state index contributed by atoms with van der Waals surface area (Å²) in [6, 6.07) is 16.5. The normalized spacial score (nSPS) is 14.4. The molecular formula is C23H26N2O4. The summed E-state index contributed by atoms with van der Waals surface area (Å²) < 4.78 is 0. The van der Waals surface area contributed by atoms with Crippen molar-refractivity contribution >= 4 is 17.8 Å². The van der Waals surface area contributed by atoms with Crippen molar-refractivity contribution in [2.75, 3.05) is 13.1 Å². The van der Waals surface area contributed by atoms with Crippen LogP contribution >= 0.6 is 0 Å². The van der Waals surface area contributed by atoms with Crippen LogP contribution in [0.15, 0.2) is 54.6 Å². The van der Waals surface area contributed by atoms with E-state index < -0.39 is 5.97 Å². The van der Waals surface area contributed by atoms with Gasteiger partial charge in [0, 0.05) is 25.6 Å². The number of aryl methyl sites for hydroxylation is 1. The Morgan fingerprint density at radius 2 is 1.62 bits per heavy atom. The van der Waals surface area contributed by atoms with Crippen LogP contribution in [0.1, 0.15) is 40.7 Å². The third kappa shape index (κ3) is 5.91. The fourth-order valence-electron chi connectivity index (χ4n) is 3.66. The minimum absolute atomic E-state index is 0.0117. The van der Waals surface area contributed by atoms with Crippen LogP contribution in [0.5, 0.6) is 0 Å². The summed E-state index contributed by atoms with van der Waals surface area (Å²) in [4.78, 5) is 37.9. The second-order valence-electron chi connectivity index (χ2n) is 7.35. The summed E-state index contributed by atoms with van der Waals surface area (Å²) >= 11 is 0. The molecule has 0 saturated carbocycles.